The number of halogens is 1. The molecule has 0 bridgehead atoms. The van der Waals surface area contributed by atoms with Crippen LogP contribution in [0, 0.1) is 10.1 Å². The number of rotatable bonds is 2. The molecular formula is C14H8ClN3O4. The van der Waals surface area contributed by atoms with Gasteiger partial charge in [-0.1, -0.05) is 17.7 Å². The van der Waals surface area contributed by atoms with Gasteiger partial charge in [-0.2, -0.15) is 0 Å². The van der Waals surface area contributed by atoms with Crippen LogP contribution in [0.2, 0.25) is 5.02 Å². The van der Waals surface area contributed by atoms with Gasteiger partial charge in [0.05, 0.1) is 16.0 Å². The lowest BCUT2D eigenvalue weighted by Crippen LogP contribution is -2.22. The summed E-state index contributed by atoms with van der Waals surface area (Å²) in [4.78, 5) is 26.7. The van der Waals surface area contributed by atoms with E-state index in [0.29, 0.717) is 10.7 Å². The molecule has 0 aliphatic rings. The maximum Gasteiger partial charge on any atom is 0.376 e. The van der Waals surface area contributed by atoms with Crippen LogP contribution in [0.5, 0.6) is 5.75 Å². The van der Waals surface area contributed by atoms with Gasteiger partial charge in [-0.25, -0.2) is 4.98 Å². The van der Waals surface area contributed by atoms with Gasteiger partial charge in [0, 0.05) is 11.2 Å². The smallest absolute Gasteiger partial charge is 0.376 e. The summed E-state index contributed by atoms with van der Waals surface area (Å²) in [6.45, 7) is 0. The third-order valence-electron chi connectivity index (χ3n) is 3.13. The zero-order chi connectivity index (χ0) is 15.9. The fourth-order valence-corrected chi connectivity index (χ4v) is 2.39. The number of aromatic hydroxyl groups is 1. The second-order valence-electron chi connectivity index (χ2n) is 4.45. The van der Waals surface area contributed by atoms with Crippen molar-refractivity contribution in [1.82, 2.24) is 9.55 Å². The fraction of sp³-hybridized carbons (Fsp3) is 0. The van der Waals surface area contributed by atoms with E-state index in [1.165, 1.54) is 24.4 Å². The molecule has 1 aromatic carbocycles. The van der Waals surface area contributed by atoms with E-state index in [0.717, 1.165) is 4.57 Å². The molecule has 0 unspecified atom stereocenters. The standard InChI is InChI=1S/C14H8ClN3O4/c15-8-3-1-4-9(7-8)17-13-10(5-2-6-16-13)12(19)11(14(17)20)18(21)22/h1-7,19H. The second-order valence-corrected chi connectivity index (χ2v) is 4.89. The van der Waals surface area contributed by atoms with E-state index < -0.39 is 21.9 Å². The monoisotopic (exact) mass is 317 g/mol. The van der Waals surface area contributed by atoms with Gasteiger partial charge in [-0.15, -0.1) is 0 Å². The molecule has 0 saturated carbocycles. The summed E-state index contributed by atoms with van der Waals surface area (Å²) in [5.74, 6) is -0.698. The molecule has 0 amide bonds. The molecule has 0 radical (unpaired) electrons. The van der Waals surface area contributed by atoms with Crippen LogP contribution in [0.3, 0.4) is 0 Å². The van der Waals surface area contributed by atoms with Crippen molar-refractivity contribution in [2.24, 2.45) is 0 Å². The first-order valence-corrected chi connectivity index (χ1v) is 6.51. The molecule has 110 valence electrons. The van der Waals surface area contributed by atoms with Gasteiger partial charge in [0.15, 0.2) is 5.65 Å². The summed E-state index contributed by atoms with van der Waals surface area (Å²) in [5, 5.41) is 21.6. The van der Waals surface area contributed by atoms with Crippen molar-refractivity contribution in [2.45, 2.75) is 0 Å². The summed E-state index contributed by atoms with van der Waals surface area (Å²) < 4.78 is 1.05. The van der Waals surface area contributed by atoms with Gasteiger partial charge in [-0.05, 0) is 30.3 Å². The van der Waals surface area contributed by atoms with Crippen LogP contribution in [0.4, 0.5) is 5.69 Å². The van der Waals surface area contributed by atoms with Crippen molar-refractivity contribution in [3.8, 4) is 11.4 Å². The normalized spacial score (nSPS) is 10.8. The first-order valence-electron chi connectivity index (χ1n) is 6.13. The van der Waals surface area contributed by atoms with Gasteiger partial charge in [-0.3, -0.25) is 19.5 Å². The first-order chi connectivity index (χ1) is 10.5. The van der Waals surface area contributed by atoms with E-state index in [1.54, 1.807) is 18.2 Å². The van der Waals surface area contributed by atoms with Gasteiger partial charge < -0.3 is 5.11 Å². The summed E-state index contributed by atoms with van der Waals surface area (Å²) in [7, 11) is 0. The molecule has 0 aliphatic heterocycles. The van der Waals surface area contributed by atoms with Crippen molar-refractivity contribution in [3.63, 3.8) is 0 Å². The van der Waals surface area contributed by atoms with E-state index >= 15 is 0 Å². The lowest BCUT2D eigenvalue weighted by Gasteiger charge is -2.10. The number of pyridine rings is 2. The molecule has 0 saturated heterocycles. The zero-order valence-corrected chi connectivity index (χ0v) is 11.7. The van der Waals surface area contributed by atoms with Crippen molar-refractivity contribution in [3.05, 3.63) is 68.1 Å². The Labute approximate surface area is 128 Å². The fourth-order valence-electron chi connectivity index (χ4n) is 2.21. The second kappa shape index (κ2) is 5.12. The predicted molar refractivity (Wildman–Crippen MR) is 80.7 cm³/mol. The first kappa shape index (κ1) is 14.0. The largest absolute Gasteiger partial charge is 0.501 e. The number of hydrogen-bond donors (Lipinski definition) is 1. The SMILES string of the molecule is O=c1c([N+](=O)[O-])c(O)c2cccnc2n1-c1cccc(Cl)c1. The van der Waals surface area contributed by atoms with Crippen LogP contribution in [0.25, 0.3) is 16.7 Å². The number of aromatic nitrogens is 2. The highest BCUT2D eigenvalue weighted by atomic mass is 35.5. The summed E-state index contributed by atoms with van der Waals surface area (Å²) >= 11 is 5.91. The number of nitro groups is 1. The van der Waals surface area contributed by atoms with Crippen LogP contribution in [0.1, 0.15) is 0 Å². The van der Waals surface area contributed by atoms with Crippen LogP contribution < -0.4 is 5.56 Å². The maximum atomic E-state index is 12.4. The summed E-state index contributed by atoms with van der Waals surface area (Å²) in [6, 6.07) is 9.24. The molecule has 2 aromatic heterocycles. The maximum absolute atomic E-state index is 12.4. The third kappa shape index (κ3) is 2.08. The Hall–Kier alpha value is -2.93. The Balaban J connectivity index is 2.53. The molecule has 0 atom stereocenters. The van der Waals surface area contributed by atoms with Crippen LogP contribution in [-0.4, -0.2) is 19.6 Å². The molecule has 0 spiro atoms. The molecule has 3 aromatic rings. The minimum Gasteiger partial charge on any atom is -0.501 e. The van der Waals surface area contributed by atoms with Gasteiger partial charge >= 0.3 is 11.2 Å². The highest BCUT2D eigenvalue weighted by molar-refractivity contribution is 6.30. The Morgan fingerprint density at radius 1 is 1.27 bits per heavy atom. The Bertz CT molecular complexity index is 968. The van der Waals surface area contributed by atoms with Crippen LogP contribution in [0.15, 0.2) is 47.4 Å². The average molecular weight is 318 g/mol. The Morgan fingerprint density at radius 3 is 2.73 bits per heavy atom. The number of nitrogens with zero attached hydrogens (tertiary/aromatic N) is 3. The van der Waals surface area contributed by atoms with E-state index in [2.05, 4.69) is 4.98 Å². The van der Waals surface area contributed by atoms with E-state index in [4.69, 9.17) is 11.6 Å². The number of fused-ring (bicyclic) bond motifs is 1. The zero-order valence-electron chi connectivity index (χ0n) is 10.9. The van der Waals surface area contributed by atoms with Crippen molar-refractivity contribution in [2.75, 3.05) is 0 Å². The molecule has 2 heterocycles. The molecule has 1 N–H and O–H groups in total. The number of hydrogen-bond acceptors (Lipinski definition) is 5. The Kier molecular flexibility index (Phi) is 3.26. The molecule has 7 nitrogen and oxygen atoms in total. The molecule has 0 fully saturated rings. The molecule has 22 heavy (non-hydrogen) atoms. The lowest BCUT2D eigenvalue weighted by molar-refractivity contribution is -0.387. The highest BCUT2D eigenvalue weighted by Gasteiger charge is 2.26. The van der Waals surface area contributed by atoms with E-state index in [1.807, 2.05) is 0 Å². The highest BCUT2D eigenvalue weighted by Crippen LogP contribution is 2.31. The topological polar surface area (TPSA) is 98.3 Å². The van der Waals surface area contributed by atoms with E-state index in [-0.39, 0.29) is 11.0 Å². The lowest BCUT2D eigenvalue weighted by atomic mass is 10.2. The molecule has 0 aliphatic carbocycles. The molecule has 3 rings (SSSR count). The van der Waals surface area contributed by atoms with Crippen molar-refractivity contribution >= 4 is 28.3 Å². The van der Waals surface area contributed by atoms with Gasteiger partial charge in [0.1, 0.15) is 0 Å². The summed E-state index contributed by atoms with van der Waals surface area (Å²) in [6.07, 6.45) is 1.42. The minimum absolute atomic E-state index is 0.105. The summed E-state index contributed by atoms with van der Waals surface area (Å²) in [5.41, 5.74) is -1.45. The van der Waals surface area contributed by atoms with E-state index in [9.17, 15) is 20.0 Å². The molecular weight excluding hydrogens is 310 g/mol. The predicted octanol–water partition coefficient (Wildman–Crippen LogP) is 2.65. The van der Waals surface area contributed by atoms with Crippen LogP contribution in [-0.2, 0) is 0 Å². The van der Waals surface area contributed by atoms with Crippen LogP contribution >= 0.6 is 11.6 Å². The van der Waals surface area contributed by atoms with Crippen molar-refractivity contribution < 1.29 is 10.0 Å². The quantitative estimate of drug-likeness (QED) is 0.578. The van der Waals surface area contributed by atoms with Crippen molar-refractivity contribution in [1.29, 1.82) is 0 Å². The third-order valence-corrected chi connectivity index (χ3v) is 3.37. The number of benzene rings is 1. The molecule has 8 heteroatoms. The average Bonchev–Trinajstić information content (AvgIpc) is 2.47. The Morgan fingerprint density at radius 2 is 2.05 bits per heavy atom. The van der Waals surface area contributed by atoms with Gasteiger partial charge in [0.2, 0.25) is 5.75 Å². The minimum atomic E-state index is -0.976. The van der Waals surface area contributed by atoms with Gasteiger partial charge in [0.25, 0.3) is 0 Å².